The third-order valence-electron chi connectivity index (χ3n) is 4.02. The number of ether oxygens (including phenoxy) is 1. The SMILES string of the molecule is COc1ccc(Cl)cc1C(=O)Nc1nnc(Cc2ccc(C)c(C)c2)o1. The molecule has 0 radical (unpaired) electrons. The molecule has 0 unspecified atom stereocenters. The molecule has 0 bridgehead atoms. The third-order valence-corrected chi connectivity index (χ3v) is 4.26. The first-order valence-corrected chi connectivity index (χ1v) is 8.37. The lowest BCUT2D eigenvalue weighted by atomic mass is 10.0. The van der Waals surface area contributed by atoms with E-state index in [9.17, 15) is 4.79 Å². The van der Waals surface area contributed by atoms with Gasteiger partial charge in [-0.1, -0.05) is 34.9 Å². The van der Waals surface area contributed by atoms with Crippen molar-refractivity contribution in [2.24, 2.45) is 0 Å². The maximum Gasteiger partial charge on any atom is 0.322 e. The predicted molar refractivity (Wildman–Crippen MR) is 99.0 cm³/mol. The second-order valence-electron chi connectivity index (χ2n) is 5.90. The van der Waals surface area contributed by atoms with Gasteiger partial charge in [0.05, 0.1) is 19.1 Å². The summed E-state index contributed by atoms with van der Waals surface area (Å²) in [6.07, 6.45) is 0.491. The molecular weight excluding hydrogens is 354 g/mol. The predicted octanol–water partition coefficient (Wildman–Crippen LogP) is 4.19. The summed E-state index contributed by atoms with van der Waals surface area (Å²) in [5, 5.41) is 10.9. The van der Waals surface area contributed by atoms with Crippen molar-refractivity contribution in [3.05, 3.63) is 69.6 Å². The standard InChI is InChI=1S/C19H18ClN3O3/c1-11-4-5-13(8-12(11)2)9-17-22-23-19(26-17)21-18(24)15-10-14(20)6-7-16(15)25-3/h4-8,10H,9H2,1-3H3,(H,21,23,24). The highest BCUT2D eigenvalue weighted by Gasteiger charge is 2.16. The number of benzene rings is 2. The van der Waals surface area contributed by atoms with Crippen molar-refractivity contribution in [2.45, 2.75) is 20.3 Å². The van der Waals surface area contributed by atoms with E-state index in [1.807, 2.05) is 6.07 Å². The molecule has 6 nitrogen and oxygen atoms in total. The van der Waals surface area contributed by atoms with Gasteiger partial charge in [-0.25, -0.2) is 0 Å². The number of nitrogens with one attached hydrogen (secondary N) is 1. The van der Waals surface area contributed by atoms with Gasteiger partial charge in [-0.05, 0) is 48.7 Å². The minimum absolute atomic E-state index is 0.0239. The summed E-state index contributed by atoms with van der Waals surface area (Å²) in [6, 6.07) is 10.9. The van der Waals surface area contributed by atoms with E-state index in [2.05, 4.69) is 41.5 Å². The number of methoxy groups -OCH3 is 1. The summed E-state index contributed by atoms with van der Waals surface area (Å²) in [6.45, 7) is 4.11. The van der Waals surface area contributed by atoms with Crippen molar-refractivity contribution < 1.29 is 13.9 Å². The van der Waals surface area contributed by atoms with Gasteiger partial charge in [0.1, 0.15) is 5.75 Å². The van der Waals surface area contributed by atoms with Gasteiger partial charge in [0.15, 0.2) is 0 Å². The monoisotopic (exact) mass is 371 g/mol. The Labute approximate surface area is 156 Å². The molecule has 7 heteroatoms. The van der Waals surface area contributed by atoms with E-state index in [-0.39, 0.29) is 11.6 Å². The first-order chi connectivity index (χ1) is 12.5. The van der Waals surface area contributed by atoms with Crippen molar-refractivity contribution in [3.63, 3.8) is 0 Å². The van der Waals surface area contributed by atoms with E-state index in [0.717, 1.165) is 5.56 Å². The number of anilines is 1. The van der Waals surface area contributed by atoms with Gasteiger partial charge in [0, 0.05) is 5.02 Å². The van der Waals surface area contributed by atoms with Crippen molar-refractivity contribution in [3.8, 4) is 5.75 Å². The van der Waals surface area contributed by atoms with Crippen LogP contribution in [-0.2, 0) is 6.42 Å². The summed E-state index contributed by atoms with van der Waals surface area (Å²) in [5.74, 6) is 0.383. The highest BCUT2D eigenvalue weighted by Crippen LogP contribution is 2.23. The molecule has 0 saturated carbocycles. The molecule has 1 N–H and O–H groups in total. The van der Waals surface area contributed by atoms with E-state index in [4.69, 9.17) is 20.8 Å². The van der Waals surface area contributed by atoms with Gasteiger partial charge in [-0.3, -0.25) is 10.1 Å². The highest BCUT2D eigenvalue weighted by atomic mass is 35.5. The molecule has 2 aromatic carbocycles. The van der Waals surface area contributed by atoms with Crippen LogP contribution in [0.2, 0.25) is 5.02 Å². The molecule has 0 aliphatic carbocycles. The zero-order chi connectivity index (χ0) is 18.7. The molecule has 0 aliphatic heterocycles. The van der Waals surface area contributed by atoms with Crippen molar-refractivity contribution in [1.82, 2.24) is 10.2 Å². The van der Waals surface area contributed by atoms with E-state index in [0.29, 0.717) is 23.1 Å². The zero-order valence-electron chi connectivity index (χ0n) is 14.7. The van der Waals surface area contributed by atoms with E-state index >= 15 is 0 Å². The molecule has 0 spiro atoms. The van der Waals surface area contributed by atoms with E-state index in [1.165, 1.54) is 24.3 Å². The smallest absolute Gasteiger partial charge is 0.322 e. The summed E-state index contributed by atoms with van der Waals surface area (Å²) >= 11 is 5.95. The molecule has 1 amide bonds. The second kappa shape index (κ2) is 7.58. The number of amides is 1. The van der Waals surface area contributed by atoms with Gasteiger partial charge >= 0.3 is 6.01 Å². The molecule has 26 heavy (non-hydrogen) atoms. The van der Waals surface area contributed by atoms with Gasteiger partial charge in [0.2, 0.25) is 5.89 Å². The van der Waals surface area contributed by atoms with Crippen LogP contribution in [0.5, 0.6) is 5.75 Å². The Morgan fingerprint density at radius 3 is 2.69 bits per heavy atom. The highest BCUT2D eigenvalue weighted by molar-refractivity contribution is 6.31. The minimum Gasteiger partial charge on any atom is -0.496 e. The average Bonchev–Trinajstić information content (AvgIpc) is 3.05. The summed E-state index contributed by atoms with van der Waals surface area (Å²) < 4.78 is 10.7. The zero-order valence-corrected chi connectivity index (χ0v) is 15.4. The maximum atomic E-state index is 12.4. The fraction of sp³-hybridized carbons (Fsp3) is 0.211. The Bertz CT molecular complexity index is 953. The van der Waals surface area contributed by atoms with Crippen LogP contribution in [0.25, 0.3) is 0 Å². The number of hydrogen-bond donors (Lipinski definition) is 1. The Morgan fingerprint density at radius 2 is 1.96 bits per heavy atom. The largest absolute Gasteiger partial charge is 0.496 e. The Kier molecular flexibility index (Phi) is 5.23. The van der Waals surface area contributed by atoms with Crippen LogP contribution in [0, 0.1) is 13.8 Å². The van der Waals surface area contributed by atoms with Gasteiger partial charge in [0.25, 0.3) is 5.91 Å². The fourth-order valence-electron chi connectivity index (χ4n) is 2.49. The molecular formula is C19H18ClN3O3. The normalized spacial score (nSPS) is 10.6. The van der Waals surface area contributed by atoms with Crippen LogP contribution in [0.15, 0.2) is 40.8 Å². The van der Waals surface area contributed by atoms with Crippen LogP contribution in [0.3, 0.4) is 0 Å². The molecule has 3 rings (SSSR count). The number of aryl methyl sites for hydroxylation is 2. The molecule has 134 valence electrons. The van der Waals surface area contributed by atoms with Crippen molar-refractivity contribution in [2.75, 3.05) is 12.4 Å². The molecule has 0 aliphatic rings. The lowest BCUT2D eigenvalue weighted by molar-refractivity contribution is 0.102. The van der Waals surface area contributed by atoms with Gasteiger partial charge in [-0.2, -0.15) is 0 Å². The maximum absolute atomic E-state index is 12.4. The Hall–Kier alpha value is -2.86. The Morgan fingerprint density at radius 1 is 1.15 bits per heavy atom. The molecule has 1 heterocycles. The Balaban J connectivity index is 1.73. The molecule has 0 atom stereocenters. The summed E-state index contributed by atoms with van der Waals surface area (Å²) in [7, 11) is 1.48. The molecule has 0 fully saturated rings. The summed E-state index contributed by atoms with van der Waals surface area (Å²) in [4.78, 5) is 12.4. The number of hydrogen-bond acceptors (Lipinski definition) is 5. The van der Waals surface area contributed by atoms with Crippen LogP contribution in [-0.4, -0.2) is 23.2 Å². The summed E-state index contributed by atoms with van der Waals surface area (Å²) in [5.41, 5.74) is 3.77. The third kappa shape index (κ3) is 4.03. The molecule has 3 aromatic rings. The fourth-order valence-corrected chi connectivity index (χ4v) is 2.66. The first-order valence-electron chi connectivity index (χ1n) is 7.99. The first kappa shape index (κ1) is 17.9. The number of nitrogens with zero attached hydrogens (tertiary/aromatic N) is 2. The quantitative estimate of drug-likeness (QED) is 0.727. The van der Waals surface area contributed by atoms with Crippen LogP contribution in [0.1, 0.15) is 32.9 Å². The van der Waals surface area contributed by atoms with Crippen molar-refractivity contribution >= 4 is 23.5 Å². The topological polar surface area (TPSA) is 77.2 Å². The van der Waals surface area contributed by atoms with Crippen LogP contribution < -0.4 is 10.1 Å². The number of rotatable bonds is 5. The number of aromatic nitrogens is 2. The number of halogens is 1. The molecule has 0 saturated heterocycles. The molecule has 1 aromatic heterocycles. The van der Waals surface area contributed by atoms with Crippen LogP contribution >= 0.6 is 11.6 Å². The average molecular weight is 372 g/mol. The van der Waals surface area contributed by atoms with E-state index < -0.39 is 5.91 Å². The minimum atomic E-state index is -0.439. The lowest BCUT2D eigenvalue weighted by Gasteiger charge is -2.07. The number of carbonyl (C=O) groups excluding carboxylic acids is 1. The van der Waals surface area contributed by atoms with Gasteiger partial charge in [-0.15, -0.1) is 5.10 Å². The van der Waals surface area contributed by atoms with Crippen LogP contribution in [0.4, 0.5) is 6.01 Å². The van der Waals surface area contributed by atoms with Gasteiger partial charge < -0.3 is 9.15 Å². The van der Waals surface area contributed by atoms with Crippen molar-refractivity contribution in [1.29, 1.82) is 0 Å². The lowest BCUT2D eigenvalue weighted by Crippen LogP contribution is -2.13. The second-order valence-corrected chi connectivity index (χ2v) is 6.33. The number of carbonyl (C=O) groups is 1. The van der Waals surface area contributed by atoms with E-state index in [1.54, 1.807) is 12.1 Å².